The van der Waals surface area contributed by atoms with Gasteiger partial charge >= 0.3 is 12.3 Å². The Morgan fingerprint density at radius 1 is 1.14 bits per heavy atom. The predicted octanol–water partition coefficient (Wildman–Crippen LogP) is 2.63. The molecule has 10 nitrogen and oxygen atoms in total. The van der Waals surface area contributed by atoms with Gasteiger partial charge in [0.2, 0.25) is 0 Å². The van der Waals surface area contributed by atoms with Crippen molar-refractivity contribution in [2.45, 2.75) is 6.18 Å². The summed E-state index contributed by atoms with van der Waals surface area (Å²) >= 11 is 0. The fourth-order valence-corrected chi connectivity index (χ4v) is 2.31. The van der Waals surface area contributed by atoms with Crippen LogP contribution in [0.3, 0.4) is 0 Å². The van der Waals surface area contributed by atoms with Gasteiger partial charge in [-0.1, -0.05) is 5.21 Å². The molecule has 3 aromatic heterocycles. The Bertz CT molecular complexity index is 1060. The number of pyridine rings is 2. The largest absolute Gasteiger partial charge is 0.465 e. The number of nitrogens with one attached hydrogen (secondary N) is 2. The van der Waals surface area contributed by atoms with Gasteiger partial charge in [0.25, 0.3) is 5.91 Å². The Kier molecular flexibility index (Phi) is 5.12. The Morgan fingerprint density at radius 2 is 1.90 bits per heavy atom. The molecule has 3 heterocycles. The second kappa shape index (κ2) is 7.53. The lowest BCUT2D eigenvalue weighted by Gasteiger charge is -2.09. The van der Waals surface area contributed by atoms with Gasteiger partial charge < -0.3 is 10.4 Å². The minimum absolute atomic E-state index is 0.0655. The van der Waals surface area contributed by atoms with E-state index in [0.717, 1.165) is 6.20 Å². The second-order valence-electron chi connectivity index (χ2n) is 5.65. The lowest BCUT2D eigenvalue weighted by molar-refractivity contribution is -0.141. The molecule has 13 heteroatoms. The Morgan fingerprint density at radius 3 is 2.52 bits per heavy atom. The molecule has 0 unspecified atom stereocenters. The zero-order valence-electron chi connectivity index (χ0n) is 14.6. The minimum atomic E-state index is -4.64. The highest BCUT2D eigenvalue weighted by Crippen LogP contribution is 2.29. The molecule has 150 valence electrons. The van der Waals surface area contributed by atoms with Crippen LogP contribution in [0.25, 0.3) is 11.4 Å². The number of rotatable bonds is 4. The van der Waals surface area contributed by atoms with E-state index in [0.29, 0.717) is 6.07 Å². The van der Waals surface area contributed by atoms with Gasteiger partial charge in [-0.15, -0.1) is 5.10 Å². The van der Waals surface area contributed by atoms with Crippen LogP contribution in [-0.2, 0) is 13.2 Å². The highest BCUT2D eigenvalue weighted by molar-refractivity contribution is 6.04. The number of anilines is 2. The first-order chi connectivity index (χ1) is 13.6. The number of nitrogens with zero attached hydrogens (tertiary/aromatic N) is 5. The topological polar surface area (TPSA) is 135 Å². The van der Waals surface area contributed by atoms with Crippen molar-refractivity contribution in [3.05, 3.63) is 47.9 Å². The zero-order valence-corrected chi connectivity index (χ0v) is 14.6. The normalized spacial score (nSPS) is 11.2. The average molecular weight is 407 g/mol. The molecule has 3 N–H and O–H groups in total. The third-order valence-electron chi connectivity index (χ3n) is 3.63. The Balaban J connectivity index is 1.79. The molecule has 0 saturated heterocycles. The fourth-order valence-electron chi connectivity index (χ4n) is 2.31. The highest BCUT2D eigenvalue weighted by atomic mass is 19.4. The molecule has 0 aliphatic rings. The van der Waals surface area contributed by atoms with Gasteiger partial charge in [0.1, 0.15) is 5.69 Å². The molecular formula is C16H12F3N7O3. The summed E-state index contributed by atoms with van der Waals surface area (Å²) in [4.78, 5) is 30.4. The first kappa shape index (κ1) is 19.7. The maximum Gasteiger partial charge on any atom is 0.433 e. The van der Waals surface area contributed by atoms with Crippen molar-refractivity contribution in [1.29, 1.82) is 0 Å². The molecule has 0 aliphatic heterocycles. The first-order valence-electron chi connectivity index (χ1n) is 7.86. The van der Waals surface area contributed by atoms with E-state index in [-0.39, 0.29) is 28.5 Å². The van der Waals surface area contributed by atoms with E-state index in [1.165, 1.54) is 36.1 Å². The van der Waals surface area contributed by atoms with E-state index >= 15 is 0 Å². The van der Waals surface area contributed by atoms with Gasteiger partial charge in [-0.25, -0.2) is 9.48 Å². The van der Waals surface area contributed by atoms with Crippen LogP contribution in [0.4, 0.5) is 29.5 Å². The summed E-state index contributed by atoms with van der Waals surface area (Å²) in [7, 11) is 1.48. The molecule has 0 atom stereocenters. The van der Waals surface area contributed by atoms with E-state index in [9.17, 15) is 22.8 Å². The van der Waals surface area contributed by atoms with E-state index in [2.05, 4.69) is 30.9 Å². The Hall–Kier alpha value is -4.03. The van der Waals surface area contributed by atoms with Gasteiger partial charge in [-0.3, -0.25) is 20.1 Å². The summed E-state index contributed by atoms with van der Waals surface area (Å²) in [6, 6.07) is 4.70. The van der Waals surface area contributed by atoms with Gasteiger partial charge in [-0.05, 0) is 24.3 Å². The molecule has 3 aromatic rings. The number of carboxylic acid groups (broad SMARTS) is 1. The number of carbonyl (C=O) groups excluding carboxylic acids is 1. The molecule has 29 heavy (non-hydrogen) atoms. The van der Waals surface area contributed by atoms with E-state index in [4.69, 9.17) is 5.11 Å². The number of alkyl halides is 3. The number of hydrogen-bond donors (Lipinski definition) is 3. The lowest BCUT2D eigenvalue weighted by atomic mass is 10.2. The van der Waals surface area contributed by atoms with Crippen LogP contribution in [-0.4, -0.2) is 42.1 Å². The maximum absolute atomic E-state index is 12.7. The van der Waals surface area contributed by atoms with E-state index < -0.39 is 23.9 Å². The van der Waals surface area contributed by atoms with E-state index in [1.54, 1.807) is 0 Å². The van der Waals surface area contributed by atoms with Crippen molar-refractivity contribution in [2.24, 2.45) is 7.05 Å². The molecule has 2 amide bonds. The third-order valence-corrected chi connectivity index (χ3v) is 3.63. The number of carbonyl (C=O) groups is 2. The summed E-state index contributed by atoms with van der Waals surface area (Å²) in [6.45, 7) is 0. The summed E-state index contributed by atoms with van der Waals surface area (Å²) < 4.78 is 39.3. The summed E-state index contributed by atoms with van der Waals surface area (Å²) in [5.41, 5.74) is -0.767. The van der Waals surface area contributed by atoms with Crippen molar-refractivity contribution < 1.29 is 27.9 Å². The van der Waals surface area contributed by atoms with Crippen LogP contribution in [0.15, 0.2) is 36.7 Å². The molecule has 0 radical (unpaired) electrons. The number of amides is 2. The smallest absolute Gasteiger partial charge is 0.433 e. The number of halogens is 3. The van der Waals surface area contributed by atoms with E-state index in [1.807, 2.05) is 0 Å². The summed E-state index contributed by atoms with van der Waals surface area (Å²) in [5.74, 6) is -0.606. The van der Waals surface area contributed by atoms with Crippen LogP contribution < -0.4 is 10.6 Å². The predicted molar refractivity (Wildman–Crippen MR) is 93.1 cm³/mol. The second-order valence-corrected chi connectivity index (χ2v) is 5.65. The van der Waals surface area contributed by atoms with Crippen LogP contribution in [0.5, 0.6) is 0 Å². The maximum atomic E-state index is 12.7. The zero-order chi connectivity index (χ0) is 21.2. The molecular weight excluding hydrogens is 395 g/mol. The SMILES string of the molecule is Cn1nnc(-c2ccc(C(=O)Nc3ccnc(C(F)(F)F)c3)cn2)c1NC(=O)O. The average Bonchev–Trinajstić information content (AvgIpc) is 3.01. The fraction of sp³-hybridized carbons (Fsp3) is 0.125. The van der Waals surface area contributed by atoms with Gasteiger partial charge in [0, 0.05) is 25.1 Å². The van der Waals surface area contributed by atoms with Crippen molar-refractivity contribution in [3.63, 3.8) is 0 Å². The number of aromatic nitrogens is 5. The van der Waals surface area contributed by atoms with Crippen molar-refractivity contribution in [2.75, 3.05) is 10.6 Å². The van der Waals surface area contributed by atoms with Crippen molar-refractivity contribution in [3.8, 4) is 11.4 Å². The summed E-state index contributed by atoms with van der Waals surface area (Å²) in [5, 5.41) is 20.9. The van der Waals surface area contributed by atoms with Gasteiger partial charge in [-0.2, -0.15) is 13.2 Å². The van der Waals surface area contributed by atoms with Gasteiger partial charge in [0.05, 0.1) is 11.3 Å². The van der Waals surface area contributed by atoms with Crippen LogP contribution in [0.2, 0.25) is 0 Å². The van der Waals surface area contributed by atoms with Crippen LogP contribution >= 0.6 is 0 Å². The molecule has 0 aliphatic carbocycles. The standard InChI is InChI=1S/C16H12F3N7O3/c1-26-13(23-15(28)29)12(24-25-26)10-3-2-8(7-21-10)14(27)22-9-4-5-20-11(6-9)16(17,18)19/h2-7,23H,1H3,(H,28,29)(H,20,22,27). The van der Waals surface area contributed by atoms with Crippen LogP contribution in [0.1, 0.15) is 16.1 Å². The molecule has 0 spiro atoms. The number of hydrogen-bond acceptors (Lipinski definition) is 6. The quantitative estimate of drug-likeness (QED) is 0.605. The van der Waals surface area contributed by atoms with Crippen molar-refractivity contribution >= 4 is 23.5 Å². The summed E-state index contributed by atoms with van der Waals surface area (Å²) in [6.07, 6.45) is -3.84. The van der Waals surface area contributed by atoms with Gasteiger partial charge in [0.15, 0.2) is 11.5 Å². The molecule has 0 saturated carbocycles. The third kappa shape index (κ3) is 4.45. The molecule has 0 fully saturated rings. The monoisotopic (exact) mass is 407 g/mol. The molecule has 3 rings (SSSR count). The highest BCUT2D eigenvalue weighted by Gasteiger charge is 2.32. The molecule has 0 bridgehead atoms. The Labute approximate surface area is 160 Å². The van der Waals surface area contributed by atoms with Crippen LogP contribution in [0, 0.1) is 0 Å². The first-order valence-corrected chi connectivity index (χ1v) is 7.86. The molecule has 0 aromatic carbocycles. The van der Waals surface area contributed by atoms with Crippen molar-refractivity contribution in [1.82, 2.24) is 25.0 Å². The number of aryl methyl sites for hydroxylation is 1. The minimum Gasteiger partial charge on any atom is -0.465 e. The lowest BCUT2D eigenvalue weighted by Crippen LogP contribution is -2.14.